The van der Waals surface area contributed by atoms with Gasteiger partial charge in [0.15, 0.2) is 0 Å². The average Bonchev–Trinajstić information content (AvgIpc) is 2.46. The fourth-order valence-corrected chi connectivity index (χ4v) is 1.87. The van der Waals surface area contributed by atoms with E-state index in [2.05, 4.69) is 12.2 Å². The van der Waals surface area contributed by atoms with Crippen molar-refractivity contribution >= 4 is 0 Å². The third-order valence-electron chi connectivity index (χ3n) is 2.85. The van der Waals surface area contributed by atoms with Crippen LogP contribution in [0.4, 0.5) is 0 Å². The van der Waals surface area contributed by atoms with Crippen LogP contribution in [0, 0.1) is 0 Å². The molecule has 19 heavy (non-hydrogen) atoms. The molecule has 1 N–H and O–H groups in total. The molecule has 0 fully saturated rings. The second-order valence-corrected chi connectivity index (χ2v) is 4.30. The summed E-state index contributed by atoms with van der Waals surface area (Å²) in [6.45, 7) is 5.08. The van der Waals surface area contributed by atoms with Crippen molar-refractivity contribution in [2.24, 2.45) is 0 Å². The highest BCUT2D eigenvalue weighted by molar-refractivity contribution is 5.35. The molecule has 0 saturated heterocycles. The quantitative estimate of drug-likeness (QED) is 0.661. The monoisotopic (exact) mass is 267 g/mol. The van der Waals surface area contributed by atoms with Gasteiger partial charge in [-0.25, -0.2) is 0 Å². The highest BCUT2D eigenvalue weighted by atomic mass is 16.5. The Labute approximate surface area is 116 Å². The van der Waals surface area contributed by atoms with Crippen molar-refractivity contribution in [1.82, 2.24) is 5.32 Å². The summed E-state index contributed by atoms with van der Waals surface area (Å²) in [5.41, 5.74) is 1.07. The maximum absolute atomic E-state index is 5.89. The van der Waals surface area contributed by atoms with Gasteiger partial charge in [-0.1, -0.05) is 25.1 Å². The minimum absolute atomic E-state index is 0.0159. The largest absolute Gasteiger partial charge is 0.496 e. The number of nitrogens with one attached hydrogen (secondary N) is 1. The Bertz CT molecular complexity index is 334. The Morgan fingerprint density at radius 3 is 2.63 bits per heavy atom. The number of methoxy groups -OCH3 is 2. The third-order valence-corrected chi connectivity index (χ3v) is 2.85. The zero-order valence-electron chi connectivity index (χ0n) is 12.1. The lowest BCUT2D eigenvalue weighted by molar-refractivity contribution is 0.0157. The van der Waals surface area contributed by atoms with Crippen LogP contribution in [0.25, 0.3) is 0 Å². The Balaban J connectivity index is 2.69. The van der Waals surface area contributed by atoms with Crippen LogP contribution in [0.3, 0.4) is 0 Å². The number of hydrogen-bond acceptors (Lipinski definition) is 4. The molecule has 0 spiro atoms. The number of para-hydroxylation sites is 1. The molecular weight excluding hydrogens is 242 g/mol. The predicted molar refractivity (Wildman–Crippen MR) is 76.7 cm³/mol. The lowest BCUT2D eigenvalue weighted by Crippen LogP contribution is -2.25. The molecule has 4 nitrogen and oxygen atoms in total. The molecule has 1 unspecified atom stereocenters. The molecule has 0 aliphatic carbocycles. The van der Waals surface area contributed by atoms with E-state index in [1.54, 1.807) is 14.2 Å². The average molecular weight is 267 g/mol. The van der Waals surface area contributed by atoms with E-state index in [0.717, 1.165) is 30.8 Å². The van der Waals surface area contributed by atoms with E-state index in [-0.39, 0.29) is 6.10 Å². The van der Waals surface area contributed by atoms with Gasteiger partial charge in [0.25, 0.3) is 0 Å². The molecule has 0 radical (unpaired) electrons. The molecular formula is C15H25NO3. The van der Waals surface area contributed by atoms with Crippen LogP contribution in [0.15, 0.2) is 24.3 Å². The fraction of sp³-hybridized carbons (Fsp3) is 0.600. The normalized spacial score (nSPS) is 12.4. The van der Waals surface area contributed by atoms with Crippen LogP contribution in [-0.2, 0) is 9.47 Å². The van der Waals surface area contributed by atoms with E-state index < -0.39 is 0 Å². The highest BCUT2D eigenvalue weighted by Crippen LogP contribution is 2.26. The van der Waals surface area contributed by atoms with Crippen LogP contribution in [0.1, 0.15) is 25.0 Å². The van der Waals surface area contributed by atoms with E-state index in [4.69, 9.17) is 14.2 Å². The van der Waals surface area contributed by atoms with Gasteiger partial charge in [0.2, 0.25) is 0 Å². The van der Waals surface area contributed by atoms with E-state index in [9.17, 15) is 0 Å². The van der Waals surface area contributed by atoms with Gasteiger partial charge in [-0.05, 0) is 19.0 Å². The van der Waals surface area contributed by atoms with Crippen molar-refractivity contribution in [3.8, 4) is 5.75 Å². The van der Waals surface area contributed by atoms with Gasteiger partial charge >= 0.3 is 0 Å². The molecule has 1 rings (SSSR count). The molecule has 0 saturated carbocycles. The number of rotatable bonds is 10. The zero-order chi connectivity index (χ0) is 13.9. The first kappa shape index (κ1) is 16.0. The Morgan fingerprint density at radius 1 is 1.16 bits per heavy atom. The van der Waals surface area contributed by atoms with E-state index in [1.165, 1.54) is 0 Å². The first-order valence-electron chi connectivity index (χ1n) is 6.77. The van der Waals surface area contributed by atoms with Crippen LogP contribution < -0.4 is 10.1 Å². The topological polar surface area (TPSA) is 39.7 Å². The maximum atomic E-state index is 5.89. The van der Waals surface area contributed by atoms with Crippen molar-refractivity contribution in [2.45, 2.75) is 19.4 Å². The second-order valence-electron chi connectivity index (χ2n) is 4.30. The van der Waals surface area contributed by atoms with Crippen molar-refractivity contribution < 1.29 is 14.2 Å². The van der Waals surface area contributed by atoms with Crippen molar-refractivity contribution in [3.63, 3.8) is 0 Å². The van der Waals surface area contributed by atoms with Crippen LogP contribution in [-0.4, -0.2) is 40.5 Å². The van der Waals surface area contributed by atoms with Gasteiger partial charge in [-0.2, -0.15) is 0 Å². The molecule has 1 aromatic carbocycles. The summed E-state index contributed by atoms with van der Waals surface area (Å²) < 4.78 is 16.3. The number of hydrogen-bond donors (Lipinski definition) is 1. The fourth-order valence-electron chi connectivity index (χ4n) is 1.87. The van der Waals surface area contributed by atoms with Crippen LogP contribution >= 0.6 is 0 Å². The van der Waals surface area contributed by atoms with Crippen molar-refractivity contribution in [1.29, 1.82) is 0 Å². The minimum Gasteiger partial charge on any atom is -0.496 e. The van der Waals surface area contributed by atoms with Gasteiger partial charge < -0.3 is 19.5 Å². The molecule has 4 heteroatoms. The number of ether oxygens (including phenoxy) is 3. The molecule has 0 aromatic heterocycles. The molecule has 1 aromatic rings. The summed E-state index contributed by atoms with van der Waals surface area (Å²) in [4.78, 5) is 0. The molecule has 0 bridgehead atoms. The maximum Gasteiger partial charge on any atom is 0.124 e. The van der Waals surface area contributed by atoms with Gasteiger partial charge in [-0.3, -0.25) is 0 Å². The summed E-state index contributed by atoms with van der Waals surface area (Å²) in [5, 5.41) is 3.39. The van der Waals surface area contributed by atoms with Gasteiger partial charge in [0.1, 0.15) is 5.75 Å². The molecule has 0 aliphatic heterocycles. The van der Waals surface area contributed by atoms with Gasteiger partial charge in [0, 0.05) is 19.2 Å². The molecule has 1 atom stereocenters. The smallest absolute Gasteiger partial charge is 0.124 e. The standard InChI is InChI=1S/C15H25NO3/c1-4-9-16-12-15(19-11-10-17-2)13-7-5-6-8-14(13)18-3/h5-8,15-16H,4,9-12H2,1-3H3. The molecule has 0 aliphatic rings. The minimum atomic E-state index is -0.0159. The van der Waals surface area contributed by atoms with Crippen molar-refractivity contribution in [3.05, 3.63) is 29.8 Å². The Kier molecular flexibility index (Phi) is 8.21. The Morgan fingerprint density at radius 2 is 1.95 bits per heavy atom. The molecule has 108 valence electrons. The molecule has 0 amide bonds. The van der Waals surface area contributed by atoms with E-state index >= 15 is 0 Å². The second kappa shape index (κ2) is 9.78. The lowest BCUT2D eigenvalue weighted by atomic mass is 10.1. The first-order chi connectivity index (χ1) is 9.33. The van der Waals surface area contributed by atoms with Crippen molar-refractivity contribution in [2.75, 3.05) is 40.5 Å². The first-order valence-corrected chi connectivity index (χ1v) is 6.77. The lowest BCUT2D eigenvalue weighted by Gasteiger charge is -2.21. The van der Waals surface area contributed by atoms with E-state index in [1.807, 2.05) is 24.3 Å². The van der Waals surface area contributed by atoms with E-state index in [0.29, 0.717) is 13.2 Å². The van der Waals surface area contributed by atoms with Gasteiger partial charge in [-0.15, -0.1) is 0 Å². The third kappa shape index (κ3) is 5.59. The summed E-state index contributed by atoms with van der Waals surface area (Å²) in [7, 11) is 3.36. The van der Waals surface area contributed by atoms with Gasteiger partial charge in [0.05, 0.1) is 26.4 Å². The summed E-state index contributed by atoms with van der Waals surface area (Å²) in [5.74, 6) is 0.864. The Hall–Kier alpha value is -1.10. The number of benzene rings is 1. The molecule has 0 heterocycles. The summed E-state index contributed by atoms with van der Waals surface area (Å²) >= 11 is 0. The summed E-state index contributed by atoms with van der Waals surface area (Å²) in [6.07, 6.45) is 1.09. The summed E-state index contributed by atoms with van der Waals surface area (Å²) in [6, 6.07) is 7.98. The van der Waals surface area contributed by atoms with Crippen LogP contribution in [0.5, 0.6) is 5.75 Å². The SMILES string of the molecule is CCCNCC(OCCOC)c1ccccc1OC. The van der Waals surface area contributed by atoms with Crippen LogP contribution in [0.2, 0.25) is 0 Å². The zero-order valence-corrected chi connectivity index (χ0v) is 12.1. The highest BCUT2D eigenvalue weighted by Gasteiger charge is 2.15. The predicted octanol–water partition coefficient (Wildman–Crippen LogP) is 2.40.